The number of anilines is 1. The second-order valence-corrected chi connectivity index (χ2v) is 7.29. The molecule has 0 spiro atoms. The van der Waals surface area contributed by atoms with E-state index >= 15 is 0 Å². The van der Waals surface area contributed by atoms with Crippen molar-refractivity contribution < 1.29 is 9.59 Å². The highest BCUT2D eigenvalue weighted by atomic mass is 16.2. The summed E-state index contributed by atoms with van der Waals surface area (Å²) in [6, 6.07) is 7.84. The van der Waals surface area contributed by atoms with E-state index in [1.807, 2.05) is 29.2 Å². The molecular formula is C20H29N3O2. The minimum Gasteiger partial charge on any atom is -0.371 e. The highest BCUT2D eigenvalue weighted by molar-refractivity contribution is 5.94. The van der Waals surface area contributed by atoms with E-state index in [0.29, 0.717) is 6.54 Å². The van der Waals surface area contributed by atoms with Gasteiger partial charge in [-0.1, -0.05) is 19.3 Å². The largest absolute Gasteiger partial charge is 0.371 e. The predicted octanol–water partition coefficient (Wildman–Crippen LogP) is 2.79. The molecule has 2 amide bonds. The molecule has 2 saturated heterocycles. The lowest BCUT2D eigenvalue weighted by Crippen LogP contribution is -2.41. The molecule has 1 aromatic rings. The van der Waals surface area contributed by atoms with Crippen molar-refractivity contribution in [2.75, 3.05) is 31.1 Å². The molecule has 0 radical (unpaired) electrons. The topological polar surface area (TPSA) is 66.6 Å². The number of hydrogen-bond donors (Lipinski definition) is 1. The van der Waals surface area contributed by atoms with Crippen molar-refractivity contribution in [3.05, 3.63) is 29.8 Å². The number of nitrogens with two attached hydrogens (primary N) is 1. The zero-order valence-corrected chi connectivity index (χ0v) is 15.0. The lowest BCUT2D eigenvalue weighted by atomic mass is 9.97. The van der Waals surface area contributed by atoms with Crippen LogP contribution in [-0.2, 0) is 4.79 Å². The quantitative estimate of drug-likeness (QED) is 0.918. The number of hydrogen-bond acceptors (Lipinski definition) is 3. The molecule has 2 heterocycles. The van der Waals surface area contributed by atoms with Crippen LogP contribution in [0.4, 0.5) is 5.69 Å². The zero-order valence-electron chi connectivity index (χ0n) is 15.0. The molecule has 25 heavy (non-hydrogen) atoms. The number of carbonyl (C=O) groups is 2. The van der Waals surface area contributed by atoms with Crippen molar-refractivity contribution in [2.45, 2.75) is 44.9 Å². The normalized spacial score (nSPS) is 22.2. The maximum atomic E-state index is 12.7. The van der Waals surface area contributed by atoms with E-state index in [1.54, 1.807) is 0 Å². The maximum Gasteiger partial charge on any atom is 0.253 e. The molecule has 2 fully saturated rings. The third-order valence-electron chi connectivity index (χ3n) is 5.45. The van der Waals surface area contributed by atoms with Crippen LogP contribution in [0.15, 0.2) is 24.3 Å². The Morgan fingerprint density at radius 3 is 2.16 bits per heavy atom. The van der Waals surface area contributed by atoms with Crippen molar-refractivity contribution in [1.29, 1.82) is 0 Å². The van der Waals surface area contributed by atoms with Crippen LogP contribution >= 0.6 is 0 Å². The first-order valence-electron chi connectivity index (χ1n) is 9.59. The van der Waals surface area contributed by atoms with Crippen LogP contribution in [0.5, 0.6) is 0 Å². The van der Waals surface area contributed by atoms with Gasteiger partial charge in [0.05, 0.1) is 5.92 Å². The summed E-state index contributed by atoms with van der Waals surface area (Å²) in [7, 11) is 0. The van der Waals surface area contributed by atoms with Crippen molar-refractivity contribution in [3.63, 3.8) is 0 Å². The molecule has 0 unspecified atom stereocenters. The van der Waals surface area contributed by atoms with Crippen LogP contribution in [0.1, 0.15) is 55.3 Å². The molecule has 5 nitrogen and oxygen atoms in total. The minimum absolute atomic E-state index is 0.0731. The average Bonchev–Trinajstić information content (AvgIpc) is 2.61. The Hall–Kier alpha value is -2.04. The molecule has 0 saturated carbocycles. The van der Waals surface area contributed by atoms with Crippen LogP contribution in [0.2, 0.25) is 0 Å². The van der Waals surface area contributed by atoms with Gasteiger partial charge in [-0.25, -0.2) is 0 Å². The Morgan fingerprint density at radius 2 is 1.52 bits per heavy atom. The van der Waals surface area contributed by atoms with Crippen molar-refractivity contribution >= 4 is 17.5 Å². The Labute approximate surface area is 150 Å². The van der Waals surface area contributed by atoms with Gasteiger partial charge in [-0.15, -0.1) is 0 Å². The summed E-state index contributed by atoms with van der Waals surface area (Å²) in [5, 5.41) is 0. The van der Waals surface area contributed by atoms with Gasteiger partial charge in [-0.3, -0.25) is 9.59 Å². The number of carbonyl (C=O) groups excluding carboxylic acids is 2. The van der Waals surface area contributed by atoms with Crippen LogP contribution < -0.4 is 10.6 Å². The van der Waals surface area contributed by atoms with E-state index in [4.69, 9.17) is 5.73 Å². The van der Waals surface area contributed by atoms with Gasteiger partial charge in [-0.05, 0) is 49.9 Å². The zero-order chi connectivity index (χ0) is 17.6. The van der Waals surface area contributed by atoms with E-state index in [2.05, 4.69) is 4.90 Å². The van der Waals surface area contributed by atoms with E-state index in [0.717, 1.165) is 56.6 Å². The summed E-state index contributed by atoms with van der Waals surface area (Å²) in [6.45, 7) is 3.35. The molecule has 0 aromatic heterocycles. The number of rotatable bonds is 3. The van der Waals surface area contributed by atoms with Gasteiger partial charge in [0.25, 0.3) is 5.91 Å². The summed E-state index contributed by atoms with van der Waals surface area (Å²) >= 11 is 0. The van der Waals surface area contributed by atoms with Gasteiger partial charge in [0.1, 0.15) is 0 Å². The Balaban J connectivity index is 1.65. The summed E-state index contributed by atoms with van der Waals surface area (Å²) in [5.74, 6) is -0.147. The fraction of sp³-hybridized carbons (Fsp3) is 0.600. The smallest absolute Gasteiger partial charge is 0.253 e. The van der Waals surface area contributed by atoms with Crippen LogP contribution in [0, 0.1) is 5.92 Å². The van der Waals surface area contributed by atoms with Crippen LogP contribution in [0.3, 0.4) is 0 Å². The maximum absolute atomic E-state index is 12.7. The number of likely N-dealkylation sites (tertiary alicyclic amines) is 1. The number of benzene rings is 1. The molecule has 2 aliphatic rings. The number of primary amides is 1. The Bertz CT molecular complexity index is 591. The Morgan fingerprint density at radius 1 is 0.880 bits per heavy atom. The molecule has 5 heteroatoms. The molecule has 1 aromatic carbocycles. The number of amides is 2. The molecule has 3 rings (SSSR count). The molecular weight excluding hydrogens is 314 g/mol. The summed E-state index contributed by atoms with van der Waals surface area (Å²) in [4.78, 5) is 28.4. The van der Waals surface area contributed by atoms with Gasteiger partial charge in [0.15, 0.2) is 0 Å². The second-order valence-electron chi connectivity index (χ2n) is 7.29. The number of piperidine rings is 1. The van der Waals surface area contributed by atoms with Crippen LogP contribution in [-0.4, -0.2) is 42.9 Å². The fourth-order valence-corrected chi connectivity index (χ4v) is 3.89. The molecule has 136 valence electrons. The first-order chi connectivity index (χ1) is 12.1. The van der Waals surface area contributed by atoms with E-state index in [9.17, 15) is 9.59 Å². The molecule has 2 N–H and O–H groups in total. The van der Waals surface area contributed by atoms with Gasteiger partial charge in [0, 0.05) is 37.4 Å². The van der Waals surface area contributed by atoms with Gasteiger partial charge in [-0.2, -0.15) is 0 Å². The van der Waals surface area contributed by atoms with Crippen LogP contribution in [0.25, 0.3) is 0 Å². The molecule has 1 atom stereocenters. The third-order valence-corrected chi connectivity index (χ3v) is 5.45. The fourth-order valence-electron chi connectivity index (χ4n) is 3.89. The van der Waals surface area contributed by atoms with Gasteiger partial charge in [0.2, 0.25) is 5.91 Å². The van der Waals surface area contributed by atoms with Crippen molar-refractivity contribution in [1.82, 2.24) is 4.90 Å². The van der Waals surface area contributed by atoms with Gasteiger partial charge < -0.3 is 15.5 Å². The SMILES string of the molecule is NC(=O)[C@H]1CCCN(c2ccc(C(=O)N3CCCCCCC3)cc2)C1. The van der Waals surface area contributed by atoms with Crippen molar-refractivity contribution in [2.24, 2.45) is 11.7 Å². The molecule has 0 aliphatic carbocycles. The predicted molar refractivity (Wildman–Crippen MR) is 99.6 cm³/mol. The first kappa shape index (κ1) is 17.8. The summed E-state index contributed by atoms with van der Waals surface area (Å²) in [6.07, 6.45) is 7.79. The number of nitrogens with zero attached hydrogens (tertiary/aromatic N) is 2. The third kappa shape index (κ3) is 4.53. The minimum atomic E-state index is -0.214. The second kappa shape index (κ2) is 8.37. The van der Waals surface area contributed by atoms with E-state index < -0.39 is 0 Å². The standard InChI is InChI=1S/C20H29N3O2/c21-19(24)17-7-6-14-23(15-17)18-10-8-16(9-11-18)20(25)22-12-4-2-1-3-5-13-22/h8-11,17H,1-7,12-15H2,(H2,21,24)/t17-/m0/s1. The summed E-state index contributed by atoms with van der Waals surface area (Å²) in [5.41, 5.74) is 7.28. The summed E-state index contributed by atoms with van der Waals surface area (Å²) < 4.78 is 0. The highest BCUT2D eigenvalue weighted by Crippen LogP contribution is 2.24. The van der Waals surface area contributed by atoms with Crippen molar-refractivity contribution in [3.8, 4) is 0 Å². The molecule has 2 aliphatic heterocycles. The van der Waals surface area contributed by atoms with Gasteiger partial charge >= 0.3 is 0 Å². The monoisotopic (exact) mass is 343 g/mol. The first-order valence-corrected chi connectivity index (χ1v) is 9.59. The van der Waals surface area contributed by atoms with E-state index in [-0.39, 0.29) is 17.7 Å². The Kier molecular flexibility index (Phi) is 5.95. The molecule has 0 bridgehead atoms. The lowest BCUT2D eigenvalue weighted by molar-refractivity contribution is -0.122. The lowest BCUT2D eigenvalue weighted by Gasteiger charge is -2.33. The highest BCUT2D eigenvalue weighted by Gasteiger charge is 2.24. The van der Waals surface area contributed by atoms with E-state index in [1.165, 1.54) is 19.3 Å². The average molecular weight is 343 g/mol.